The molecule has 6 nitrogen and oxygen atoms in total. The molecule has 0 saturated carbocycles. The second-order valence-corrected chi connectivity index (χ2v) is 7.16. The van der Waals surface area contributed by atoms with Gasteiger partial charge in [0, 0.05) is 15.0 Å². The lowest BCUT2D eigenvalue weighted by Gasteiger charge is -2.31. The number of nitrogens with zero attached hydrogens (tertiary/aromatic N) is 1. The predicted molar refractivity (Wildman–Crippen MR) is 97.7 cm³/mol. The van der Waals surface area contributed by atoms with Crippen LogP contribution in [-0.2, 0) is 16.0 Å². The number of ketones is 1. The average molecular weight is 418 g/mol. The van der Waals surface area contributed by atoms with Gasteiger partial charge in [0.25, 0.3) is 0 Å². The van der Waals surface area contributed by atoms with Crippen LogP contribution in [0.3, 0.4) is 0 Å². The molecule has 0 heterocycles. The van der Waals surface area contributed by atoms with E-state index in [1.807, 2.05) is 0 Å². The van der Waals surface area contributed by atoms with Crippen molar-refractivity contribution in [2.75, 3.05) is 13.7 Å². The van der Waals surface area contributed by atoms with Crippen molar-refractivity contribution in [2.24, 2.45) is 5.41 Å². The smallest absolute Gasteiger partial charge is 0.320 e. The molecule has 2 aromatic carbocycles. The molecular formula is C19H16BrNO5. The van der Waals surface area contributed by atoms with E-state index in [1.54, 1.807) is 48.5 Å². The van der Waals surface area contributed by atoms with Gasteiger partial charge in [0.1, 0.15) is 5.41 Å². The summed E-state index contributed by atoms with van der Waals surface area (Å²) in [7, 11) is 1.20. The maximum Gasteiger partial charge on any atom is 0.320 e. The molecule has 0 aliphatic heterocycles. The SMILES string of the molecule is COC(=O)[C@]1([C@H](C[N+](=O)[O-])c2ccc(Br)cc2)Cc2ccccc2C1=O. The second kappa shape index (κ2) is 6.99. The summed E-state index contributed by atoms with van der Waals surface area (Å²) in [6.07, 6.45) is 0.0866. The van der Waals surface area contributed by atoms with Gasteiger partial charge in [0.15, 0.2) is 5.78 Å². The zero-order valence-corrected chi connectivity index (χ0v) is 15.6. The molecule has 2 aromatic rings. The topological polar surface area (TPSA) is 86.5 Å². The van der Waals surface area contributed by atoms with Gasteiger partial charge in [-0.1, -0.05) is 52.3 Å². The lowest BCUT2D eigenvalue weighted by atomic mass is 9.69. The molecule has 0 radical (unpaired) electrons. The van der Waals surface area contributed by atoms with Gasteiger partial charge < -0.3 is 4.74 Å². The number of fused-ring (bicyclic) bond motifs is 1. The van der Waals surface area contributed by atoms with E-state index >= 15 is 0 Å². The minimum atomic E-state index is -1.64. The number of benzene rings is 2. The van der Waals surface area contributed by atoms with Gasteiger partial charge >= 0.3 is 5.97 Å². The molecule has 0 aromatic heterocycles. The van der Waals surface area contributed by atoms with Crippen molar-refractivity contribution in [3.8, 4) is 0 Å². The Hall–Kier alpha value is -2.54. The summed E-state index contributed by atoms with van der Waals surface area (Å²) in [6, 6.07) is 13.8. The molecule has 0 spiro atoms. The van der Waals surface area contributed by atoms with Gasteiger partial charge in [-0.2, -0.15) is 0 Å². The normalized spacial score (nSPS) is 19.7. The van der Waals surface area contributed by atoms with Crippen molar-refractivity contribution in [3.63, 3.8) is 0 Å². The summed E-state index contributed by atoms with van der Waals surface area (Å²) in [6.45, 7) is -0.545. The highest BCUT2D eigenvalue weighted by Gasteiger charge is 2.59. The lowest BCUT2D eigenvalue weighted by Crippen LogP contribution is -2.46. The highest BCUT2D eigenvalue weighted by molar-refractivity contribution is 9.10. The number of nitro groups is 1. The van der Waals surface area contributed by atoms with Gasteiger partial charge in [-0.25, -0.2) is 0 Å². The molecule has 0 N–H and O–H groups in total. The predicted octanol–water partition coefficient (Wildman–Crippen LogP) is 3.41. The summed E-state index contributed by atoms with van der Waals surface area (Å²) in [5, 5.41) is 11.4. The van der Waals surface area contributed by atoms with Gasteiger partial charge in [-0.3, -0.25) is 19.7 Å². The first-order valence-electron chi connectivity index (χ1n) is 7.98. The molecule has 1 aliphatic rings. The van der Waals surface area contributed by atoms with Crippen LogP contribution < -0.4 is 0 Å². The van der Waals surface area contributed by atoms with Crippen molar-refractivity contribution in [3.05, 3.63) is 79.8 Å². The highest BCUT2D eigenvalue weighted by atomic mass is 79.9. The number of esters is 1. The first-order valence-corrected chi connectivity index (χ1v) is 8.78. The molecule has 2 atom stereocenters. The number of halogens is 1. The van der Waals surface area contributed by atoms with Crippen molar-refractivity contribution in [1.82, 2.24) is 0 Å². The lowest BCUT2D eigenvalue weighted by molar-refractivity contribution is -0.485. The summed E-state index contributed by atoms with van der Waals surface area (Å²) < 4.78 is 5.76. The van der Waals surface area contributed by atoms with E-state index in [4.69, 9.17) is 4.74 Å². The van der Waals surface area contributed by atoms with Crippen molar-refractivity contribution < 1.29 is 19.2 Å². The molecule has 7 heteroatoms. The molecule has 26 heavy (non-hydrogen) atoms. The van der Waals surface area contributed by atoms with Crippen LogP contribution in [0.4, 0.5) is 0 Å². The molecule has 0 unspecified atom stereocenters. The molecule has 1 aliphatic carbocycles. The van der Waals surface area contributed by atoms with E-state index < -0.39 is 34.6 Å². The molecular weight excluding hydrogens is 402 g/mol. The Morgan fingerprint density at radius 1 is 1.27 bits per heavy atom. The Morgan fingerprint density at radius 3 is 2.50 bits per heavy atom. The second-order valence-electron chi connectivity index (χ2n) is 6.25. The summed E-state index contributed by atoms with van der Waals surface area (Å²) in [5.74, 6) is -2.10. The van der Waals surface area contributed by atoms with Crippen LogP contribution in [0.2, 0.25) is 0 Å². The van der Waals surface area contributed by atoms with E-state index in [2.05, 4.69) is 15.9 Å². The van der Waals surface area contributed by atoms with Gasteiger partial charge in [0.05, 0.1) is 13.0 Å². The minimum absolute atomic E-state index is 0.0866. The van der Waals surface area contributed by atoms with E-state index in [-0.39, 0.29) is 6.42 Å². The fourth-order valence-corrected chi connectivity index (χ4v) is 3.94. The Morgan fingerprint density at radius 2 is 1.92 bits per heavy atom. The minimum Gasteiger partial charge on any atom is -0.468 e. The number of methoxy groups -OCH3 is 1. The third kappa shape index (κ3) is 2.92. The maximum atomic E-state index is 13.2. The number of hydrogen-bond donors (Lipinski definition) is 0. The molecule has 134 valence electrons. The van der Waals surface area contributed by atoms with E-state index in [0.29, 0.717) is 16.7 Å². The van der Waals surface area contributed by atoms with Crippen LogP contribution in [0, 0.1) is 15.5 Å². The zero-order chi connectivity index (χ0) is 18.9. The average Bonchev–Trinajstić information content (AvgIpc) is 2.93. The molecule has 0 bridgehead atoms. The van der Waals surface area contributed by atoms with Crippen LogP contribution >= 0.6 is 15.9 Å². The number of carbonyl (C=O) groups excluding carboxylic acids is 2. The van der Waals surface area contributed by atoms with Gasteiger partial charge in [0.2, 0.25) is 6.54 Å². The Balaban J connectivity index is 2.19. The number of hydrogen-bond acceptors (Lipinski definition) is 5. The highest BCUT2D eigenvalue weighted by Crippen LogP contribution is 2.48. The zero-order valence-electron chi connectivity index (χ0n) is 14.0. The van der Waals surface area contributed by atoms with Crippen molar-refractivity contribution >= 4 is 27.7 Å². The monoisotopic (exact) mass is 417 g/mol. The first-order chi connectivity index (χ1) is 12.4. The largest absolute Gasteiger partial charge is 0.468 e. The number of carbonyl (C=O) groups is 2. The maximum absolute atomic E-state index is 13.2. The van der Waals surface area contributed by atoms with Crippen LogP contribution in [-0.4, -0.2) is 30.3 Å². The molecule has 3 rings (SSSR count). The van der Waals surface area contributed by atoms with Crippen LogP contribution in [0.5, 0.6) is 0 Å². The standard InChI is InChI=1S/C19H16BrNO5/c1-26-18(23)19(10-13-4-2-3-5-15(13)17(19)22)16(11-21(24)25)12-6-8-14(20)9-7-12/h2-9,16H,10-11H2,1H3/t16-,19+/m1/s1. The number of rotatable bonds is 5. The summed E-state index contributed by atoms with van der Waals surface area (Å²) in [5.41, 5.74) is 0.0347. The van der Waals surface area contributed by atoms with Gasteiger partial charge in [-0.05, 0) is 29.7 Å². The molecule has 0 fully saturated rings. The molecule has 0 amide bonds. The van der Waals surface area contributed by atoms with E-state index in [9.17, 15) is 19.7 Å². The van der Waals surface area contributed by atoms with Crippen molar-refractivity contribution in [2.45, 2.75) is 12.3 Å². The number of ether oxygens (including phenoxy) is 1. The quantitative estimate of drug-likeness (QED) is 0.322. The van der Waals surface area contributed by atoms with Gasteiger partial charge in [-0.15, -0.1) is 0 Å². The number of Topliss-reactive ketones (excluding diaryl/α,β-unsaturated/α-hetero) is 1. The van der Waals surface area contributed by atoms with Crippen LogP contribution in [0.25, 0.3) is 0 Å². The Bertz CT molecular complexity index is 880. The van der Waals surface area contributed by atoms with Crippen LogP contribution in [0.15, 0.2) is 53.0 Å². The third-order valence-corrected chi connectivity index (χ3v) is 5.41. The fourth-order valence-electron chi connectivity index (χ4n) is 3.68. The first kappa shape index (κ1) is 18.3. The van der Waals surface area contributed by atoms with E-state index in [1.165, 1.54) is 7.11 Å². The van der Waals surface area contributed by atoms with Crippen LogP contribution in [0.1, 0.15) is 27.4 Å². The Kier molecular flexibility index (Phi) is 4.91. The fraction of sp³-hybridized carbons (Fsp3) is 0.263. The van der Waals surface area contributed by atoms with E-state index in [0.717, 1.165) is 4.47 Å². The third-order valence-electron chi connectivity index (χ3n) is 4.88. The summed E-state index contributed by atoms with van der Waals surface area (Å²) >= 11 is 3.33. The Labute approximate surface area is 158 Å². The van der Waals surface area contributed by atoms with Crippen molar-refractivity contribution in [1.29, 1.82) is 0 Å². The summed E-state index contributed by atoms with van der Waals surface area (Å²) in [4.78, 5) is 36.9. The molecule has 0 saturated heterocycles.